The molecule has 0 bridgehead atoms. The van der Waals surface area contributed by atoms with Crippen molar-refractivity contribution in [2.24, 2.45) is 11.7 Å². The Kier molecular flexibility index (Phi) is 4.55. The number of likely N-dealkylation sites (tertiary alicyclic amines) is 1. The van der Waals surface area contributed by atoms with Crippen molar-refractivity contribution in [1.82, 2.24) is 9.88 Å². The molecule has 0 aliphatic carbocycles. The van der Waals surface area contributed by atoms with Gasteiger partial charge in [0.05, 0.1) is 0 Å². The summed E-state index contributed by atoms with van der Waals surface area (Å²) in [5, 5.41) is 0. The summed E-state index contributed by atoms with van der Waals surface area (Å²) in [5.41, 5.74) is 7.01. The lowest BCUT2D eigenvalue weighted by Crippen LogP contribution is -2.23. The van der Waals surface area contributed by atoms with Crippen LogP contribution in [0.15, 0.2) is 18.3 Å². The van der Waals surface area contributed by atoms with Crippen LogP contribution in [-0.2, 0) is 6.54 Å². The minimum absolute atomic E-state index is 0.684. The maximum Gasteiger partial charge on any atom is 0.128 e. The first-order valence-electron chi connectivity index (χ1n) is 6.81. The molecule has 4 nitrogen and oxygen atoms in total. The predicted molar refractivity (Wildman–Crippen MR) is 75.6 cm³/mol. The third-order valence-electron chi connectivity index (χ3n) is 3.78. The molecule has 1 atom stereocenters. The van der Waals surface area contributed by atoms with Crippen molar-refractivity contribution in [3.63, 3.8) is 0 Å². The van der Waals surface area contributed by atoms with Gasteiger partial charge in [-0.25, -0.2) is 4.98 Å². The minimum atomic E-state index is 0.684. The largest absolute Gasteiger partial charge is 0.360 e. The minimum Gasteiger partial charge on any atom is -0.360 e. The van der Waals surface area contributed by atoms with Crippen molar-refractivity contribution in [3.05, 3.63) is 23.9 Å². The molecule has 0 saturated carbocycles. The van der Waals surface area contributed by atoms with Crippen molar-refractivity contribution < 1.29 is 0 Å². The first kappa shape index (κ1) is 13.3. The van der Waals surface area contributed by atoms with Crippen molar-refractivity contribution in [2.75, 3.05) is 38.1 Å². The van der Waals surface area contributed by atoms with Gasteiger partial charge in [-0.2, -0.15) is 0 Å². The Morgan fingerprint density at radius 3 is 2.89 bits per heavy atom. The molecule has 0 spiro atoms. The molecular weight excluding hydrogens is 224 g/mol. The van der Waals surface area contributed by atoms with E-state index in [-0.39, 0.29) is 0 Å². The van der Waals surface area contributed by atoms with Crippen molar-refractivity contribution in [2.45, 2.75) is 19.9 Å². The maximum absolute atomic E-state index is 5.71. The number of rotatable bonds is 5. The Hall–Kier alpha value is -1.13. The second-order valence-corrected chi connectivity index (χ2v) is 5.16. The number of anilines is 1. The van der Waals surface area contributed by atoms with E-state index >= 15 is 0 Å². The molecule has 1 fully saturated rings. The number of aromatic nitrogens is 1. The van der Waals surface area contributed by atoms with Crippen LogP contribution in [0.25, 0.3) is 0 Å². The third kappa shape index (κ3) is 3.21. The van der Waals surface area contributed by atoms with Crippen molar-refractivity contribution >= 4 is 5.82 Å². The average molecular weight is 248 g/mol. The molecule has 1 aliphatic rings. The van der Waals surface area contributed by atoms with Crippen LogP contribution in [0.2, 0.25) is 0 Å². The Morgan fingerprint density at radius 1 is 1.50 bits per heavy atom. The lowest BCUT2D eigenvalue weighted by Gasteiger charge is -2.18. The van der Waals surface area contributed by atoms with E-state index < -0.39 is 0 Å². The highest BCUT2D eigenvalue weighted by molar-refractivity contribution is 5.37. The van der Waals surface area contributed by atoms with Crippen molar-refractivity contribution in [3.8, 4) is 0 Å². The summed E-state index contributed by atoms with van der Waals surface area (Å²) in [6.07, 6.45) is 3.23. The van der Waals surface area contributed by atoms with E-state index in [1.807, 2.05) is 6.20 Å². The highest BCUT2D eigenvalue weighted by Crippen LogP contribution is 2.18. The van der Waals surface area contributed by atoms with Crippen LogP contribution in [0.1, 0.15) is 18.9 Å². The van der Waals surface area contributed by atoms with Gasteiger partial charge in [-0.3, -0.25) is 4.90 Å². The Balaban J connectivity index is 1.90. The van der Waals surface area contributed by atoms with E-state index in [0.717, 1.165) is 32.0 Å². The summed E-state index contributed by atoms with van der Waals surface area (Å²) in [6, 6.07) is 4.29. The van der Waals surface area contributed by atoms with Crippen LogP contribution >= 0.6 is 0 Å². The van der Waals surface area contributed by atoms with Gasteiger partial charge in [0.15, 0.2) is 0 Å². The predicted octanol–water partition coefficient (Wildman–Crippen LogP) is 1.32. The highest BCUT2D eigenvalue weighted by Gasteiger charge is 2.20. The molecule has 4 heteroatoms. The second kappa shape index (κ2) is 6.16. The Morgan fingerprint density at radius 2 is 2.33 bits per heavy atom. The molecule has 18 heavy (non-hydrogen) atoms. The smallest absolute Gasteiger partial charge is 0.128 e. The summed E-state index contributed by atoms with van der Waals surface area (Å²) >= 11 is 0. The van der Waals surface area contributed by atoms with Gasteiger partial charge in [0.25, 0.3) is 0 Å². The van der Waals surface area contributed by atoms with E-state index in [9.17, 15) is 0 Å². The summed E-state index contributed by atoms with van der Waals surface area (Å²) in [6.45, 7) is 7.23. The van der Waals surface area contributed by atoms with Crippen LogP contribution in [-0.4, -0.2) is 43.1 Å². The molecule has 1 unspecified atom stereocenters. The molecule has 1 aromatic heterocycles. The molecule has 2 rings (SSSR count). The van der Waals surface area contributed by atoms with Gasteiger partial charge in [0.2, 0.25) is 0 Å². The zero-order valence-electron chi connectivity index (χ0n) is 11.5. The number of hydrogen-bond donors (Lipinski definition) is 1. The summed E-state index contributed by atoms with van der Waals surface area (Å²) in [4.78, 5) is 9.12. The molecule has 2 heterocycles. The fourth-order valence-electron chi connectivity index (χ4n) is 2.41. The first-order chi connectivity index (χ1) is 8.72. The quantitative estimate of drug-likeness (QED) is 0.853. The van der Waals surface area contributed by atoms with Gasteiger partial charge in [-0.05, 0) is 44.0 Å². The lowest BCUT2D eigenvalue weighted by atomic mass is 10.1. The fourth-order valence-corrected chi connectivity index (χ4v) is 2.41. The Labute approximate surface area is 110 Å². The van der Waals surface area contributed by atoms with Crippen LogP contribution in [0.5, 0.6) is 0 Å². The van der Waals surface area contributed by atoms with E-state index in [1.54, 1.807) is 0 Å². The molecule has 0 amide bonds. The topological polar surface area (TPSA) is 45.4 Å². The van der Waals surface area contributed by atoms with Gasteiger partial charge < -0.3 is 10.6 Å². The average Bonchev–Trinajstić information content (AvgIpc) is 2.86. The van der Waals surface area contributed by atoms with Crippen LogP contribution in [0.3, 0.4) is 0 Å². The number of hydrogen-bond acceptors (Lipinski definition) is 4. The summed E-state index contributed by atoms with van der Waals surface area (Å²) in [5.74, 6) is 1.73. The molecule has 1 aromatic rings. The monoisotopic (exact) mass is 248 g/mol. The molecule has 1 saturated heterocycles. The third-order valence-corrected chi connectivity index (χ3v) is 3.78. The first-order valence-corrected chi connectivity index (χ1v) is 6.81. The molecular formula is C14H24N4. The van der Waals surface area contributed by atoms with Crippen LogP contribution < -0.4 is 10.6 Å². The van der Waals surface area contributed by atoms with Crippen LogP contribution in [0, 0.1) is 5.92 Å². The number of pyridine rings is 1. The summed E-state index contributed by atoms with van der Waals surface area (Å²) < 4.78 is 0. The lowest BCUT2D eigenvalue weighted by molar-refractivity contribution is 0.317. The zero-order chi connectivity index (χ0) is 13.0. The molecule has 100 valence electrons. The zero-order valence-corrected chi connectivity index (χ0v) is 11.5. The fraction of sp³-hybridized carbons (Fsp3) is 0.643. The molecule has 0 aromatic carbocycles. The van der Waals surface area contributed by atoms with Gasteiger partial charge in [0, 0.05) is 32.9 Å². The number of nitrogens with zero attached hydrogens (tertiary/aromatic N) is 3. The van der Waals surface area contributed by atoms with Gasteiger partial charge in [-0.1, -0.05) is 6.07 Å². The maximum atomic E-state index is 5.71. The molecule has 0 radical (unpaired) electrons. The summed E-state index contributed by atoms with van der Waals surface area (Å²) in [7, 11) is 2.06. The van der Waals surface area contributed by atoms with Gasteiger partial charge >= 0.3 is 0 Å². The second-order valence-electron chi connectivity index (χ2n) is 5.16. The van der Waals surface area contributed by atoms with Gasteiger partial charge in [-0.15, -0.1) is 0 Å². The SMILES string of the molecule is CCN(C)c1ccc(CN2CCC(CN)C2)cn1. The number of nitrogens with two attached hydrogens (primary N) is 1. The standard InChI is InChI=1S/C14H24N4/c1-3-17(2)14-5-4-13(9-16-14)11-18-7-6-12(8-15)10-18/h4-5,9,12H,3,6-8,10-11,15H2,1-2H3. The Bertz CT molecular complexity index is 363. The molecule has 1 aliphatic heterocycles. The van der Waals surface area contributed by atoms with Crippen LogP contribution in [0.4, 0.5) is 5.82 Å². The highest BCUT2D eigenvalue weighted by atomic mass is 15.2. The van der Waals surface area contributed by atoms with E-state index in [0.29, 0.717) is 5.92 Å². The van der Waals surface area contributed by atoms with Gasteiger partial charge in [0.1, 0.15) is 5.82 Å². The normalized spacial score (nSPS) is 20.3. The van der Waals surface area contributed by atoms with E-state index in [2.05, 4.69) is 40.9 Å². The van der Waals surface area contributed by atoms with Crippen molar-refractivity contribution in [1.29, 1.82) is 0 Å². The van der Waals surface area contributed by atoms with E-state index in [1.165, 1.54) is 18.5 Å². The molecule has 2 N–H and O–H groups in total. The van der Waals surface area contributed by atoms with E-state index in [4.69, 9.17) is 5.73 Å².